The molecule has 4 rings (SSSR count). The van der Waals surface area contributed by atoms with Gasteiger partial charge in [-0.1, -0.05) is 35.9 Å². The largest absolute Gasteiger partial charge is 0.361 e. The Kier molecular flexibility index (Phi) is 2.89. The summed E-state index contributed by atoms with van der Waals surface area (Å²) in [4.78, 5) is 14.8. The predicted octanol–water partition coefficient (Wildman–Crippen LogP) is 4.07. The van der Waals surface area contributed by atoms with E-state index in [0.717, 1.165) is 29.7 Å². The van der Waals surface area contributed by atoms with E-state index in [0.29, 0.717) is 11.1 Å². The van der Waals surface area contributed by atoms with Crippen molar-refractivity contribution < 1.29 is 4.79 Å². The maximum Gasteiger partial charge on any atom is 0.258 e. The second-order valence-corrected chi connectivity index (χ2v) is 6.03. The summed E-state index contributed by atoms with van der Waals surface area (Å²) in [5.41, 5.74) is 2.67. The van der Waals surface area contributed by atoms with Gasteiger partial charge < -0.3 is 10.2 Å². The lowest BCUT2D eigenvalue weighted by Crippen LogP contribution is -2.44. The summed E-state index contributed by atoms with van der Waals surface area (Å²) in [5.74, 6) is 0.108. The van der Waals surface area contributed by atoms with Crippen LogP contribution in [0.15, 0.2) is 48.5 Å². The van der Waals surface area contributed by atoms with E-state index >= 15 is 0 Å². The van der Waals surface area contributed by atoms with Gasteiger partial charge in [0.05, 0.1) is 5.56 Å². The summed E-state index contributed by atoms with van der Waals surface area (Å²) in [7, 11) is 0. The van der Waals surface area contributed by atoms with Crippen LogP contribution in [-0.2, 0) is 0 Å². The minimum absolute atomic E-state index is 0.108. The van der Waals surface area contributed by atoms with Crippen molar-refractivity contribution in [2.45, 2.75) is 25.0 Å². The molecule has 106 valence electrons. The zero-order valence-electron chi connectivity index (χ0n) is 11.4. The van der Waals surface area contributed by atoms with E-state index in [2.05, 4.69) is 5.32 Å². The Morgan fingerprint density at radius 3 is 2.67 bits per heavy atom. The molecule has 1 aliphatic heterocycles. The number of benzene rings is 2. The molecule has 0 saturated heterocycles. The van der Waals surface area contributed by atoms with Crippen molar-refractivity contribution in [3.63, 3.8) is 0 Å². The lowest BCUT2D eigenvalue weighted by Gasteiger charge is -2.38. The number of hydrogen-bond donors (Lipinski definition) is 1. The molecule has 4 heteroatoms. The van der Waals surface area contributed by atoms with Crippen LogP contribution in [0.3, 0.4) is 0 Å². The average molecular weight is 299 g/mol. The molecule has 2 aromatic carbocycles. The molecule has 21 heavy (non-hydrogen) atoms. The van der Waals surface area contributed by atoms with Gasteiger partial charge in [0, 0.05) is 16.8 Å². The molecule has 1 heterocycles. The molecular formula is C17H15ClN2O. The number of carbonyl (C=O) groups excluding carboxylic acids is 1. The maximum absolute atomic E-state index is 12.8. The molecule has 1 atom stereocenters. The zero-order valence-corrected chi connectivity index (χ0v) is 12.2. The third kappa shape index (κ3) is 2.18. The van der Waals surface area contributed by atoms with Gasteiger partial charge in [-0.05, 0) is 42.7 Å². The molecule has 3 nitrogen and oxygen atoms in total. The predicted molar refractivity (Wildman–Crippen MR) is 83.4 cm³/mol. The molecule has 0 aromatic heterocycles. The molecule has 1 amide bonds. The maximum atomic E-state index is 12.8. The van der Waals surface area contributed by atoms with Gasteiger partial charge in [-0.15, -0.1) is 0 Å². The number of carbonyl (C=O) groups is 1. The van der Waals surface area contributed by atoms with E-state index in [4.69, 9.17) is 11.6 Å². The van der Waals surface area contributed by atoms with Crippen LogP contribution in [0.5, 0.6) is 0 Å². The highest BCUT2D eigenvalue weighted by atomic mass is 35.5. The Labute approximate surface area is 128 Å². The van der Waals surface area contributed by atoms with Crippen molar-refractivity contribution >= 4 is 23.2 Å². The van der Waals surface area contributed by atoms with E-state index in [1.54, 1.807) is 0 Å². The van der Waals surface area contributed by atoms with Gasteiger partial charge >= 0.3 is 0 Å². The molecule has 1 N–H and O–H groups in total. The highest BCUT2D eigenvalue weighted by Crippen LogP contribution is 2.40. The minimum atomic E-state index is -0.140. The van der Waals surface area contributed by atoms with Crippen molar-refractivity contribution in [1.29, 1.82) is 0 Å². The van der Waals surface area contributed by atoms with E-state index in [1.807, 2.05) is 53.4 Å². The summed E-state index contributed by atoms with van der Waals surface area (Å²) in [6.45, 7) is 0. The first-order valence-corrected chi connectivity index (χ1v) is 7.55. The van der Waals surface area contributed by atoms with Gasteiger partial charge in [0.1, 0.15) is 6.17 Å². The SMILES string of the molecule is O=C1c2ccccc2N[C@@H](c2cccc(Cl)c2)N1C1CC1. The average Bonchev–Trinajstić information content (AvgIpc) is 3.32. The number of nitrogens with one attached hydrogen (secondary N) is 1. The van der Waals surface area contributed by atoms with Gasteiger partial charge in [0.15, 0.2) is 0 Å². The summed E-state index contributed by atoms with van der Waals surface area (Å²) in [6.07, 6.45) is 2.01. The Bertz CT molecular complexity index is 711. The molecular weight excluding hydrogens is 284 g/mol. The normalized spacial score (nSPS) is 20.9. The van der Waals surface area contributed by atoms with E-state index in [1.165, 1.54) is 0 Å². The fourth-order valence-corrected chi connectivity index (χ4v) is 3.12. The van der Waals surface area contributed by atoms with Crippen LogP contribution in [0.4, 0.5) is 5.69 Å². The molecule has 1 saturated carbocycles. The van der Waals surface area contributed by atoms with E-state index in [-0.39, 0.29) is 12.1 Å². The monoisotopic (exact) mass is 298 g/mol. The third-order valence-electron chi connectivity index (χ3n) is 4.07. The molecule has 0 radical (unpaired) electrons. The molecule has 0 spiro atoms. The molecule has 1 aliphatic carbocycles. The molecule has 0 bridgehead atoms. The van der Waals surface area contributed by atoms with E-state index < -0.39 is 0 Å². The van der Waals surface area contributed by atoms with Crippen molar-refractivity contribution in [3.8, 4) is 0 Å². The van der Waals surface area contributed by atoms with E-state index in [9.17, 15) is 4.79 Å². The number of fused-ring (bicyclic) bond motifs is 1. The second kappa shape index (κ2) is 4.78. The number of nitrogens with zero attached hydrogens (tertiary/aromatic N) is 1. The highest BCUT2D eigenvalue weighted by Gasteiger charge is 2.41. The van der Waals surface area contributed by atoms with Crippen molar-refractivity contribution in [2.75, 3.05) is 5.32 Å². The van der Waals surface area contributed by atoms with Gasteiger partial charge in [0.25, 0.3) is 5.91 Å². The van der Waals surface area contributed by atoms with Crippen LogP contribution in [0.2, 0.25) is 5.02 Å². The summed E-state index contributed by atoms with van der Waals surface area (Å²) in [5, 5.41) is 4.18. The number of anilines is 1. The fraction of sp³-hybridized carbons (Fsp3) is 0.235. The standard InChI is InChI=1S/C17H15ClN2O/c18-12-5-3-4-11(10-12)16-19-15-7-2-1-6-14(15)17(21)20(16)13-8-9-13/h1-7,10,13,16,19H,8-9H2/t16-/m1/s1. The Morgan fingerprint density at radius 1 is 1.10 bits per heavy atom. The first-order valence-electron chi connectivity index (χ1n) is 7.18. The summed E-state index contributed by atoms with van der Waals surface area (Å²) < 4.78 is 0. The lowest BCUT2D eigenvalue weighted by atomic mass is 10.0. The smallest absolute Gasteiger partial charge is 0.258 e. The van der Waals surface area contributed by atoms with Gasteiger partial charge in [-0.25, -0.2) is 0 Å². The Morgan fingerprint density at radius 2 is 1.90 bits per heavy atom. The summed E-state index contributed by atoms with van der Waals surface area (Å²) in [6, 6.07) is 15.7. The van der Waals surface area contributed by atoms with Crippen LogP contribution in [0, 0.1) is 0 Å². The third-order valence-corrected chi connectivity index (χ3v) is 4.30. The highest BCUT2D eigenvalue weighted by molar-refractivity contribution is 6.30. The quantitative estimate of drug-likeness (QED) is 0.906. The van der Waals surface area contributed by atoms with Gasteiger partial charge in [-0.3, -0.25) is 4.79 Å². The van der Waals surface area contributed by atoms with Gasteiger partial charge in [0.2, 0.25) is 0 Å². The first kappa shape index (κ1) is 12.7. The van der Waals surface area contributed by atoms with Crippen molar-refractivity contribution in [2.24, 2.45) is 0 Å². The minimum Gasteiger partial charge on any atom is -0.361 e. The molecule has 2 aliphatic rings. The lowest BCUT2D eigenvalue weighted by molar-refractivity contribution is 0.0666. The molecule has 2 aromatic rings. The van der Waals surface area contributed by atoms with Gasteiger partial charge in [-0.2, -0.15) is 0 Å². The number of para-hydroxylation sites is 1. The van der Waals surface area contributed by atoms with Crippen LogP contribution >= 0.6 is 11.6 Å². The fourth-order valence-electron chi connectivity index (χ4n) is 2.92. The number of amides is 1. The van der Waals surface area contributed by atoms with Crippen LogP contribution in [0.1, 0.15) is 34.9 Å². The molecule has 1 fully saturated rings. The van der Waals surface area contributed by atoms with Crippen molar-refractivity contribution in [3.05, 3.63) is 64.7 Å². The van der Waals surface area contributed by atoms with Crippen molar-refractivity contribution in [1.82, 2.24) is 4.90 Å². The number of rotatable bonds is 2. The number of hydrogen-bond acceptors (Lipinski definition) is 2. The number of halogens is 1. The topological polar surface area (TPSA) is 32.3 Å². The second-order valence-electron chi connectivity index (χ2n) is 5.59. The zero-order chi connectivity index (χ0) is 14.4. The van der Waals surface area contributed by atoms with Crippen LogP contribution in [-0.4, -0.2) is 16.8 Å². The Balaban J connectivity index is 1.80. The Hall–Kier alpha value is -2.00. The van der Waals surface area contributed by atoms with Crippen LogP contribution in [0.25, 0.3) is 0 Å². The van der Waals surface area contributed by atoms with Crippen LogP contribution < -0.4 is 5.32 Å². The first-order chi connectivity index (χ1) is 10.2. The summed E-state index contributed by atoms with van der Waals surface area (Å²) >= 11 is 6.11. The molecule has 0 unspecified atom stereocenters.